The first-order valence-corrected chi connectivity index (χ1v) is 7.13. The Morgan fingerprint density at radius 1 is 1.23 bits per heavy atom. The summed E-state index contributed by atoms with van der Waals surface area (Å²) >= 11 is 0. The lowest BCUT2D eigenvalue weighted by atomic mass is 9.67. The Labute approximate surface area is 128 Å². The van der Waals surface area contributed by atoms with Crippen LogP contribution in [0.3, 0.4) is 0 Å². The first-order valence-electron chi connectivity index (χ1n) is 7.13. The van der Waals surface area contributed by atoms with E-state index in [1.807, 2.05) is 13.8 Å². The fourth-order valence-corrected chi connectivity index (χ4v) is 2.76. The largest absolute Gasteiger partial charge is 0.507 e. The van der Waals surface area contributed by atoms with Crippen molar-refractivity contribution >= 4 is 11.6 Å². The van der Waals surface area contributed by atoms with Gasteiger partial charge in [0.1, 0.15) is 11.5 Å². The van der Waals surface area contributed by atoms with Crippen LogP contribution in [-0.2, 0) is 0 Å². The van der Waals surface area contributed by atoms with Gasteiger partial charge in [0.2, 0.25) is 0 Å². The van der Waals surface area contributed by atoms with Gasteiger partial charge < -0.3 is 15.3 Å². The number of rotatable bonds is 3. The second-order valence-corrected chi connectivity index (χ2v) is 6.23. The van der Waals surface area contributed by atoms with Gasteiger partial charge in [-0.15, -0.1) is 0 Å². The average molecular weight is 304 g/mol. The number of aromatic hydroxyl groups is 2. The molecule has 0 saturated heterocycles. The maximum absolute atomic E-state index is 12.7. The van der Waals surface area contributed by atoms with Crippen molar-refractivity contribution in [2.24, 2.45) is 5.41 Å². The van der Waals surface area contributed by atoms with Crippen molar-refractivity contribution < 1.29 is 24.9 Å². The van der Waals surface area contributed by atoms with Gasteiger partial charge in [-0.25, -0.2) is 0 Å². The molecule has 1 aliphatic rings. The van der Waals surface area contributed by atoms with Crippen molar-refractivity contribution in [2.75, 3.05) is 0 Å². The predicted molar refractivity (Wildman–Crippen MR) is 81.2 cm³/mol. The second-order valence-electron chi connectivity index (χ2n) is 6.23. The number of ketones is 2. The number of hydrogen-bond acceptors (Lipinski definition) is 5. The lowest BCUT2D eigenvalue weighted by Gasteiger charge is -2.36. The lowest BCUT2D eigenvalue weighted by Crippen LogP contribution is -2.45. The molecule has 0 aliphatic heterocycles. The molecule has 5 heteroatoms. The fraction of sp³-hybridized carbons (Fsp3) is 0.412. The van der Waals surface area contributed by atoms with E-state index in [2.05, 4.69) is 0 Å². The van der Waals surface area contributed by atoms with Crippen LogP contribution < -0.4 is 0 Å². The number of carbonyl (C=O) groups is 2. The highest BCUT2D eigenvalue weighted by Gasteiger charge is 2.48. The first-order chi connectivity index (χ1) is 10.2. The number of allylic oxidation sites excluding steroid dienone is 1. The van der Waals surface area contributed by atoms with Crippen molar-refractivity contribution in [1.29, 1.82) is 0 Å². The average Bonchev–Trinajstić information content (AvgIpc) is 2.44. The topological polar surface area (TPSA) is 94.8 Å². The van der Waals surface area contributed by atoms with Crippen LogP contribution in [0.25, 0.3) is 0 Å². The minimum absolute atomic E-state index is 0.156. The SMILES string of the molecule is CC(C)=CC[C@@H](O)C1(C)CC(=O)c2c(O)ccc(O)c2C1=O. The summed E-state index contributed by atoms with van der Waals surface area (Å²) in [6, 6.07) is 2.36. The molecule has 0 heterocycles. The zero-order chi connectivity index (χ0) is 16.7. The minimum Gasteiger partial charge on any atom is -0.507 e. The molecule has 0 radical (unpaired) electrons. The van der Waals surface area contributed by atoms with E-state index in [0.29, 0.717) is 0 Å². The Hall–Kier alpha value is -2.14. The Bertz CT molecular complexity index is 670. The number of phenolic OH excluding ortho intramolecular Hbond substituents is 2. The van der Waals surface area contributed by atoms with Gasteiger partial charge in [-0.2, -0.15) is 0 Å². The van der Waals surface area contributed by atoms with Gasteiger partial charge in [-0.1, -0.05) is 11.6 Å². The van der Waals surface area contributed by atoms with Gasteiger partial charge in [0.15, 0.2) is 11.6 Å². The maximum atomic E-state index is 12.7. The summed E-state index contributed by atoms with van der Waals surface area (Å²) in [5.74, 6) is -1.66. The van der Waals surface area contributed by atoms with Crippen molar-refractivity contribution in [3.05, 3.63) is 34.9 Å². The number of aliphatic hydroxyl groups is 1. The lowest BCUT2D eigenvalue weighted by molar-refractivity contribution is 0.0259. The molecule has 0 fully saturated rings. The molecule has 0 aromatic heterocycles. The number of Topliss-reactive ketones (excluding diaryl/α,β-unsaturated/α-hetero) is 2. The zero-order valence-corrected chi connectivity index (χ0v) is 12.9. The van der Waals surface area contributed by atoms with E-state index in [1.165, 1.54) is 19.1 Å². The molecule has 2 rings (SSSR count). The van der Waals surface area contributed by atoms with Gasteiger partial charge in [-0.3, -0.25) is 9.59 Å². The van der Waals surface area contributed by atoms with Gasteiger partial charge in [0.05, 0.1) is 22.6 Å². The summed E-state index contributed by atoms with van der Waals surface area (Å²) in [5, 5.41) is 30.1. The molecule has 5 nitrogen and oxygen atoms in total. The number of benzene rings is 1. The van der Waals surface area contributed by atoms with Crippen molar-refractivity contribution in [3.8, 4) is 11.5 Å². The van der Waals surface area contributed by atoms with Gasteiger partial charge >= 0.3 is 0 Å². The van der Waals surface area contributed by atoms with Crippen LogP contribution in [-0.4, -0.2) is 33.0 Å². The van der Waals surface area contributed by atoms with Crippen molar-refractivity contribution in [3.63, 3.8) is 0 Å². The summed E-state index contributed by atoms with van der Waals surface area (Å²) in [4.78, 5) is 25.1. The summed E-state index contributed by atoms with van der Waals surface area (Å²) in [6.45, 7) is 5.27. The summed E-state index contributed by atoms with van der Waals surface area (Å²) < 4.78 is 0. The summed E-state index contributed by atoms with van der Waals surface area (Å²) in [5.41, 5.74) is -0.675. The number of fused-ring (bicyclic) bond motifs is 1. The molecule has 1 aromatic rings. The van der Waals surface area contributed by atoms with E-state index >= 15 is 0 Å². The van der Waals surface area contributed by atoms with Crippen LogP contribution in [0.1, 0.15) is 54.3 Å². The molecule has 3 N–H and O–H groups in total. The summed E-state index contributed by atoms with van der Waals surface area (Å²) in [6.07, 6.45) is 0.792. The molecule has 0 spiro atoms. The molecule has 22 heavy (non-hydrogen) atoms. The normalized spacial score (nSPS) is 22.2. The van der Waals surface area contributed by atoms with Crippen LogP contribution in [0.2, 0.25) is 0 Å². The highest BCUT2D eigenvalue weighted by molar-refractivity contribution is 6.19. The molecular formula is C17H20O5. The summed E-state index contributed by atoms with van der Waals surface area (Å²) in [7, 11) is 0. The Morgan fingerprint density at radius 2 is 1.77 bits per heavy atom. The quantitative estimate of drug-likeness (QED) is 0.589. The van der Waals surface area contributed by atoms with E-state index in [9.17, 15) is 24.9 Å². The van der Waals surface area contributed by atoms with E-state index in [4.69, 9.17) is 0 Å². The number of phenols is 2. The molecule has 0 amide bonds. The second kappa shape index (κ2) is 5.57. The zero-order valence-electron chi connectivity index (χ0n) is 12.9. The van der Waals surface area contributed by atoms with Crippen molar-refractivity contribution in [1.82, 2.24) is 0 Å². The van der Waals surface area contributed by atoms with Crippen LogP contribution in [0.15, 0.2) is 23.8 Å². The Morgan fingerprint density at radius 3 is 2.32 bits per heavy atom. The van der Waals surface area contributed by atoms with Gasteiger partial charge in [0.25, 0.3) is 0 Å². The Balaban J connectivity index is 2.51. The van der Waals surface area contributed by atoms with Gasteiger partial charge in [0, 0.05) is 6.42 Å². The van der Waals surface area contributed by atoms with E-state index in [-0.39, 0.29) is 35.5 Å². The first kappa shape index (κ1) is 16.2. The van der Waals surface area contributed by atoms with Crippen LogP contribution in [0, 0.1) is 5.41 Å². The minimum atomic E-state index is -1.32. The Kier molecular flexibility index (Phi) is 4.11. The number of hydrogen-bond donors (Lipinski definition) is 3. The standard InChI is InChI=1S/C17H20O5/c1-9(2)4-7-13(21)17(3)8-12(20)14-10(18)5-6-11(19)15(14)16(17)22/h4-6,13,18-19,21H,7-8H2,1-3H3/t13-,17?/m1/s1. The van der Waals surface area contributed by atoms with Crippen LogP contribution in [0.4, 0.5) is 0 Å². The maximum Gasteiger partial charge on any atom is 0.176 e. The molecule has 2 atom stereocenters. The molecule has 118 valence electrons. The highest BCUT2D eigenvalue weighted by Crippen LogP contribution is 2.44. The number of aliphatic hydroxyl groups excluding tert-OH is 1. The van der Waals surface area contributed by atoms with E-state index in [0.717, 1.165) is 5.57 Å². The third-order valence-corrected chi connectivity index (χ3v) is 4.20. The van der Waals surface area contributed by atoms with E-state index < -0.39 is 23.1 Å². The molecular weight excluding hydrogens is 284 g/mol. The molecule has 1 aromatic carbocycles. The smallest absolute Gasteiger partial charge is 0.176 e. The third kappa shape index (κ3) is 2.52. The highest BCUT2D eigenvalue weighted by atomic mass is 16.3. The molecule has 0 bridgehead atoms. The number of carbonyl (C=O) groups excluding carboxylic acids is 2. The molecule has 0 saturated carbocycles. The molecule has 1 unspecified atom stereocenters. The monoisotopic (exact) mass is 304 g/mol. The fourth-order valence-electron chi connectivity index (χ4n) is 2.76. The van der Waals surface area contributed by atoms with Crippen LogP contribution >= 0.6 is 0 Å². The van der Waals surface area contributed by atoms with E-state index in [1.54, 1.807) is 6.08 Å². The predicted octanol–water partition coefficient (Wildman–Crippen LogP) is 2.59. The third-order valence-electron chi connectivity index (χ3n) is 4.20. The van der Waals surface area contributed by atoms with Gasteiger partial charge in [-0.05, 0) is 39.3 Å². The van der Waals surface area contributed by atoms with Crippen LogP contribution in [0.5, 0.6) is 11.5 Å². The van der Waals surface area contributed by atoms with Crippen molar-refractivity contribution in [2.45, 2.75) is 39.7 Å². The molecule has 1 aliphatic carbocycles.